The summed E-state index contributed by atoms with van der Waals surface area (Å²) in [6.45, 7) is 1.29. The first kappa shape index (κ1) is 17.8. The second-order valence-electron chi connectivity index (χ2n) is 6.14. The number of aryl methyl sites for hydroxylation is 1. The largest absolute Gasteiger partial charge is 0.339 e. The van der Waals surface area contributed by atoms with Crippen molar-refractivity contribution in [2.45, 2.75) is 12.8 Å². The smallest absolute Gasteiger partial charge is 0.274 e. The van der Waals surface area contributed by atoms with Crippen molar-refractivity contribution in [1.29, 1.82) is 0 Å². The standard InChI is InChI=1S/C18H17F2N3O3/c1-22-10-11(17(25)23-6-2-3-7-23)8-15(18(22)26)21-16(24)13-5-4-12(19)9-14(13)20/h4-5,8-10H,2-3,6-7H2,1H3,(H,21,24). The molecule has 0 bridgehead atoms. The van der Waals surface area contributed by atoms with E-state index in [0.717, 1.165) is 25.0 Å². The number of amides is 2. The average Bonchev–Trinajstić information content (AvgIpc) is 3.12. The van der Waals surface area contributed by atoms with E-state index >= 15 is 0 Å². The van der Waals surface area contributed by atoms with E-state index in [0.29, 0.717) is 19.2 Å². The Morgan fingerprint density at radius 2 is 1.81 bits per heavy atom. The molecule has 1 saturated heterocycles. The van der Waals surface area contributed by atoms with Crippen LogP contribution in [0.1, 0.15) is 33.6 Å². The highest BCUT2D eigenvalue weighted by atomic mass is 19.1. The van der Waals surface area contributed by atoms with Crippen molar-refractivity contribution in [1.82, 2.24) is 9.47 Å². The predicted molar refractivity (Wildman–Crippen MR) is 91.1 cm³/mol. The number of rotatable bonds is 3. The van der Waals surface area contributed by atoms with Gasteiger partial charge in [-0.25, -0.2) is 8.78 Å². The topological polar surface area (TPSA) is 71.4 Å². The molecule has 26 heavy (non-hydrogen) atoms. The Bertz CT molecular complexity index is 934. The maximum absolute atomic E-state index is 13.8. The molecular weight excluding hydrogens is 344 g/mol. The van der Waals surface area contributed by atoms with Gasteiger partial charge in [0, 0.05) is 32.4 Å². The van der Waals surface area contributed by atoms with Crippen LogP contribution in [0.15, 0.2) is 35.3 Å². The molecular formula is C18H17F2N3O3. The average molecular weight is 361 g/mol. The van der Waals surface area contributed by atoms with Crippen molar-refractivity contribution in [3.63, 3.8) is 0 Å². The number of carbonyl (C=O) groups excluding carboxylic acids is 2. The molecule has 0 spiro atoms. The highest BCUT2D eigenvalue weighted by molar-refractivity contribution is 6.05. The number of carbonyl (C=O) groups is 2. The maximum Gasteiger partial charge on any atom is 0.274 e. The van der Waals surface area contributed by atoms with E-state index in [4.69, 9.17) is 0 Å². The van der Waals surface area contributed by atoms with Crippen LogP contribution >= 0.6 is 0 Å². The lowest BCUT2D eigenvalue weighted by Crippen LogP contribution is -2.31. The van der Waals surface area contributed by atoms with Crippen LogP contribution in [0.25, 0.3) is 0 Å². The Morgan fingerprint density at radius 1 is 1.12 bits per heavy atom. The molecule has 0 unspecified atom stereocenters. The zero-order valence-corrected chi connectivity index (χ0v) is 14.1. The van der Waals surface area contributed by atoms with Crippen LogP contribution in [0, 0.1) is 11.6 Å². The number of anilines is 1. The van der Waals surface area contributed by atoms with Crippen LogP contribution in [0.5, 0.6) is 0 Å². The molecule has 0 saturated carbocycles. The summed E-state index contributed by atoms with van der Waals surface area (Å²) in [6, 6.07) is 3.80. The van der Waals surface area contributed by atoms with Crippen molar-refractivity contribution in [2.75, 3.05) is 18.4 Å². The first-order valence-corrected chi connectivity index (χ1v) is 8.13. The van der Waals surface area contributed by atoms with Crippen LogP contribution in [0.4, 0.5) is 14.5 Å². The summed E-state index contributed by atoms with van der Waals surface area (Å²) in [5.41, 5.74) is -0.835. The maximum atomic E-state index is 13.8. The fraction of sp³-hybridized carbons (Fsp3) is 0.278. The molecule has 3 rings (SSSR count). The zero-order valence-electron chi connectivity index (χ0n) is 14.1. The molecule has 1 aromatic heterocycles. The van der Waals surface area contributed by atoms with Crippen LogP contribution in [-0.4, -0.2) is 34.4 Å². The number of nitrogens with zero attached hydrogens (tertiary/aromatic N) is 2. The van der Waals surface area contributed by atoms with Crippen LogP contribution in [-0.2, 0) is 7.05 Å². The minimum atomic E-state index is -1.04. The van der Waals surface area contributed by atoms with Gasteiger partial charge in [-0.05, 0) is 31.0 Å². The van der Waals surface area contributed by atoms with Gasteiger partial charge in [0.2, 0.25) is 0 Å². The molecule has 1 aliphatic rings. The van der Waals surface area contributed by atoms with Crippen molar-refractivity contribution in [3.05, 3.63) is 63.6 Å². The van der Waals surface area contributed by atoms with E-state index in [1.807, 2.05) is 0 Å². The number of hydrogen-bond acceptors (Lipinski definition) is 3. The highest BCUT2D eigenvalue weighted by Gasteiger charge is 2.22. The third-order valence-corrected chi connectivity index (χ3v) is 4.25. The van der Waals surface area contributed by atoms with Crippen molar-refractivity contribution < 1.29 is 18.4 Å². The molecule has 2 aromatic rings. The lowest BCUT2D eigenvalue weighted by atomic mass is 10.1. The molecule has 0 aliphatic carbocycles. The number of aromatic nitrogens is 1. The van der Waals surface area contributed by atoms with Gasteiger partial charge in [-0.15, -0.1) is 0 Å². The van der Waals surface area contributed by atoms with Crippen molar-refractivity contribution in [2.24, 2.45) is 7.05 Å². The second-order valence-corrected chi connectivity index (χ2v) is 6.14. The van der Waals surface area contributed by atoms with Gasteiger partial charge < -0.3 is 14.8 Å². The minimum absolute atomic E-state index is 0.147. The molecule has 2 amide bonds. The predicted octanol–water partition coefficient (Wildman–Crippen LogP) is 2.15. The molecule has 2 heterocycles. The number of nitrogens with one attached hydrogen (secondary N) is 1. The molecule has 136 valence electrons. The second kappa shape index (κ2) is 7.07. The molecule has 1 aliphatic heterocycles. The van der Waals surface area contributed by atoms with E-state index in [9.17, 15) is 23.2 Å². The first-order chi connectivity index (χ1) is 12.4. The summed E-state index contributed by atoms with van der Waals surface area (Å²) in [4.78, 5) is 38.6. The number of benzene rings is 1. The van der Waals surface area contributed by atoms with Crippen molar-refractivity contribution >= 4 is 17.5 Å². The lowest BCUT2D eigenvalue weighted by Gasteiger charge is -2.16. The summed E-state index contributed by atoms with van der Waals surface area (Å²) >= 11 is 0. The summed E-state index contributed by atoms with van der Waals surface area (Å²) in [7, 11) is 1.46. The van der Waals surface area contributed by atoms with E-state index in [1.54, 1.807) is 4.90 Å². The van der Waals surface area contributed by atoms with Gasteiger partial charge in [-0.3, -0.25) is 14.4 Å². The van der Waals surface area contributed by atoms with Crippen molar-refractivity contribution in [3.8, 4) is 0 Å². The fourth-order valence-electron chi connectivity index (χ4n) is 2.88. The number of pyridine rings is 1. The van der Waals surface area contributed by atoms with E-state index < -0.39 is 28.7 Å². The number of likely N-dealkylation sites (tertiary alicyclic amines) is 1. The first-order valence-electron chi connectivity index (χ1n) is 8.13. The Morgan fingerprint density at radius 3 is 2.46 bits per heavy atom. The Balaban J connectivity index is 1.90. The van der Waals surface area contributed by atoms with Gasteiger partial charge >= 0.3 is 0 Å². The third kappa shape index (κ3) is 3.49. The molecule has 0 atom stereocenters. The van der Waals surface area contributed by atoms with E-state index in [-0.39, 0.29) is 17.2 Å². The molecule has 6 nitrogen and oxygen atoms in total. The molecule has 1 fully saturated rings. The summed E-state index contributed by atoms with van der Waals surface area (Å²) < 4.78 is 27.9. The molecule has 0 radical (unpaired) electrons. The number of halogens is 2. The SMILES string of the molecule is Cn1cc(C(=O)N2CCCC2)cc(NC(=O)c2ccc(F)cc2F)c1=O. The van der Waals surface area contributed by atoms with E-state index in [1.165, 1.54) is 23.9 Å². The van der Waals surface area contributed by atoms with Gasteiger partial charge in [0.1, 0.15) is 17.3 Å². The molecule has 8 heteroatoms. The lowest BCUT2D eigenvalue weighted by molar-refractivity contribution is 0.0791. The quantitative estimate of drug-likeness (QED) is 0.911. The Hall–Kier alpha value is -3.03. The Labute approximate surface area is 148 Å². The third-order valence-electron chi connectivity index (χ3n) is 4.25. The van der Waals surface area contributed by atoms with E-state index in [2.05, 4.69) is 5.32 Å². The minimum Gasteiger partial charge on any atom is -0.339 e. The van der Waals surface area contributed by atoms with Crippen LogP contribution in [0.3, 0.4) is 0 Å². The molecule has 1 N–H and O–H groups in total. The monoisotopic (exact) mass is 361 g/mol. The normalized spacial score (nSPS) is 13.7. The summed E-state index contributed by atoms with van der Waals surface area (Å²) in [5, 5.41) is 2.31. The number of hydrogen-bond donors (Lipinski definition) is 1. The van der Waals surface area contributed by atoms with Gasteiger partial charge in [0.15, 0.2) is 0 Å². The van der Waals surface area contributed by atoms with Gasteiger partial charge in [-0.2, -0.15) is 0 Å². The summed E-state index contributed by atoms with van der Waals surface area (Å²) in [6.07, 6.45) is 3.24. The van der Waals surface area contributed by atoms with Gasteiger partial charge in [0.25, 0.3) is 17.4 Å². The van der Waals surface area contributed by atoms with Crippen LogP contribution in [0.2, 0.25) is 0 Å². The molecule has 1 aromatic carbocycles. The Kier molecular flexibility index (Phi) is 4.83. The zero-order chi connectivity index (χ0) is 18.8. The van der Waals surface area contributed by atoms with Gasteiger partial charge in [-0.1, -0.05) is 0 Å². The van der Waals surface area contributed by atoms with Gasteiger partial charge in [0.05, 0.1) is 11.1 Å². The van der Waals surface area contributed by atoms with Crippen LogP contribution < -0.4 is 10.9 Å². The fourth-order valence-corrected chi connectivity index (χ4v) is 2.88. The summed E-state index contributed by atoms with van der Waals surface area (Å²) in [5.74, 6) is -2.98. The highest BCUT2D eigenvalue weighted by Crippen LogP contribution is 2.16.